The van der Waals surface area contributed by atoms with E-state index in [2.05, 4.69) is 129 Å². The van der Waals surface area contributed by atoms with E-state index in [0.717, 1.165) is 0 Å². The van der Waals surface area contributed by atoms with Gasteiger partial charge in [0.2, 0.25) is 0 Å². The number of hydrogen-bond acceptors (Lipinski definition) is 0. The van der Waals surface area contributed by atoms with Gasteiger partial charge in [0.1, 0.15) is 36.4 Å². The van der Waals surface area contributed by atoms with Crippen LogP contribution in [0, 0.1) is 0 Å². The van der Waals surface area contributed by atoms with Crippen molar-refractivity contribution in [2.75, 3.05) is 12.1 Å². The molecule has 0 radical (unpaired) electrons. The zero-order chi connectivity index (χ0) is 28.4. The molecule has 1 aliphatic heterocycles. The first kappa shape index (κ1) is 29.7. The number of fused-ring (bicyclic) bond motifs is 1. The summed E-state index contributed by atoms with van der Waals surface area (Å²) in [5, 5.41) is 6.29. The van der Waals surface area contributed by atoms with E-state index in [0.29, 0.717) is 0 Å². The van der Waals surface area contributed by atoms with Gasteiger partial charge in [0.25, 0.3) is 0 Å². The summed E-state index contributed by atoms with van der Waals surface area (Å²) in [7, 11) is -13.1. The first-order valence-electron chi connectivity index (χ1n) is 12.6. The van der Waals surface area contributed by atoms with Crippen LogP contribution in [0.15, 0.2) is 115 Å². The summed E-state index contributed by atoms with van der Waals surface area (Å²) >= 11 is 0. The van der Waals surface area contributed by atoms with Crippen LogP contribution in [0.3, 0.4) is 0 Å². The molecule has 0 saturated carbocycles. The molecule has 1 unspecified atom stereocenters. The average molecular weight is 599 g/mol. The van der Waals surface area contributed by atoms with Crippen LogP contribution in [0.1, 0.15) is 25.8 Å². The van der Waals surface area contributed by atoms with Gasteiger partial charge in [0, 0.05) is 5.56 Å². The second-order valence-electron chi connectivity index (χ2n) is 10.5. The SMILES string of the molecule is CC1(C)CC[P+](C[PH+](c2ccccc2)c2ccccc2)(c2ccccc2)c2ccccc21.F[P-](F)(F)(F)(F)F. The molecule has 0 fully saturated rings. The Labute approximate surface area is 227 Å². The van der Waals surface area contributed by atoms with E-state index in [1.807, 2.05) is 0 Å². The maximum atomic E-state index is 9.87. The van der Waals surface area contributed by atoms with E-state index in [-0.39, 0.29) is 5.41 Å². The molecule has 1 heterocycles. The average Bonchev–Trinajstić information content (AvgIpc) is 2.89. The molecule has 0 spiro atoms. The maximum absolute atomic E-state index is 10.7. The van der Waals surface area contributed by atoms with Crippen molar-refractivity contribution in [2.45, 2.75) is 25.7 Å². The van der Waals surface area contributed by atoms with Gasteiger partial charge in [0.15, 0.2) is 5.90 Å². The quantitative estimate of drug-likeness (QED) is 0.158. The van der Waals surface area contributed by atoms with E-state index in [9.17, 15) is 25.2 Å². The van der Waals surface area contributed by atoms with Crippen LogP contribution in [0.2, 0.25) is 0 Å². The summed E-state index contributed by atoms with van der Waals surface area (Å²) in [6.45, 7) is 4.87. The summed E-state index contributed by atoms with van der Waals surface area (Å²) in [5.74, 6) is 1.28. The minimum atomic E-state index is -10.7. The molecule has 0 saturated heterocycles. The molecule has 0 aliphatic carbocycles. The molecule has 4 aromatic rings. The van der Waals surface area contributed by atoms with E-state index in [1.54, 1.807) is 16.2 Å². The Morgan fingerprint density at radius 1 is 0.641 bits per heavy atom. The van der Waals surface area contributed by atoms with Gasteiger partial charge in [-0.1, -0.05) is 86.6 Å². The van der Waals surface area contributed by atoms with E-state index >= 15 is 0 Å². The molecule has 0 amide bonds. The Kier molecular flexibility index (Phi) is 7.85. The van der Waals surface area contributed by atoms with Crippen molar-refractivity contribution in [3.05, 3.63) is 121 Å². The van der Waals surface area contributed by atoms with Crippen LogP contribution in [-0.4, -0.2) is 12.1 Å². The molecule has 39 heavy (non-hydrogen) atoms. The van der Waals surface area contributed by atoms with Crippen LogP contribution in [0.25, 0.3) is 0 Å². The van der Waals surface area contributed by atoms with Crippen LogP contribution >= 0.6 is 23.0 Å². The van der Waals surface area contributed by atoms with Gasteiger partial charge in [-0.3, -0.25) is 0 Å². The second kappa shape index (κ2) is 10.3. The van der Waals surface area contributed by atoms with Gasteiger partial charge in [0.05, 0.1) is 6.16 Å². The summed E-state index contributed by atoms with van der Waals surface area (Å²) in [5.41, 5.74) is 1.81. The first-order chi connectivity index (χ1) is 18.1. The van der Waals surface area contributed by atoms with Crippen molar-refractivity contribution in [2.24, 2.45) is 0 Å². The molecular weight excluding hydrogens is 567 g/mol. The Balaban J connectivity index is 0.000000448. The van der Waals surface area contributed by atoms with Crippen LogP contribution < -0.4 is 21.2 Å². The van der Waals surface area contributed by atoms with E-state index < -0.39 is 23.0 Å². The summed E-state index contributed by atoms with van der Waals surface area (Å²) in [4.78, 5) is 0. The fourth-order valence-electron chi connectivity index (χ4n) is 5.28. The third-order valence-electron chi connectivity index (χ3n) is 7.14. The van der Waals surface area contributed by atoms with Crippen LogP contribution in [0.5, 0.6) is 0 Å². The molecule has 0 N–H and O–H groups in total. The molecule has 4 aromatic carbocycles. The number of hydrogen-bond donors (Lipinski definition) is 0. The molecule has 0 nitrogen and oxygen atoms in total. The normalized spacial score (nSPS) is 20.1. The van der Waals surface area contributed by atoms with Crippen molar-refractivity contribution in [1.29, 1.82) is 0 Å². The third kappa shape index (κ3) is 8.14. The van der Waals surface area contributed by atoms with E-state index in [4.69, 9.17) is 0 Å². The van der Waals surface area contributed by atoms with Gasteiger partial charge in [-0.25, -0.2) is 0 Å². The Hall–Kier alpha value is -2.25. The molecule has 208 valence electrons. The summed E-state index contributed by atoms with van der Waals surface area (Å²) in [6, 6.07) is 43.5. The standard InChI is InChI=1S/C30H31P2.F6P/c1-30(2)22-23-32(27-18-10-5-11-19-27,29-21-13-12-20-28(29)30)24-31(25-14-6-3-7-15-25)26-16-8-4-9-17-26;1-7(2,3,4,5)6/h3-21H,22-24H2,1-2H3;/q+1;-1/p+1. The van der Waals surface area contributed by atoms with Gasteiger partial charge in [-0.05, 0) is 54.3 Å². The van der Waals surface area contributed by atoms with Crippen molar-refractivity contribution in [3.8, 4) is 0 Å². The van der Waals surface area contributed by atoms with Crippen LogP contribution in [-0.2, 0) is 5.41 Å². The van der Waals surface area contributed by atoms with Crippen molar-refractivity contribution in [3.63, 3.8) is 0 Å². The summed E-state index contributed by atoms with van der Waals surface area (Å²) < 4.78 is 59.2. The predicted molar refractivity (Wildman–Crippen MR) is 160 cm³/mol. The second-order valence-corrected chi connectivity index (χ2v) is 19.2. The van der Waals surface area contributed by atoms with Crippen molar-refractivity contribution >= 4 is 44.2 Å². The molecular formula is C30H32F6P3+. The van der Waals surface area contributed by atoms with Gasteiger partial charge < -0.3 is 0 Å². The number of benzene rings is 4. The fourth-order valence-corrected chi connectivity index (χ4v) is 16.1. The van der Waals surface area contributed by atoms with Crippen molar-refractivity contribution in [1.82, 2.24) is 0 Å². The van der Waals surface area contributed by atoms with Crippen LogP contribution in [0.4, 0.5) is 25.2 Å². The topological polar surface area (TPSA) is 0 Å². The van der Waals surface area contributed by atoms with Gasteiger partial charge in [-0.15, -0.1) is 0 Å². The molecule has 1 atom stereocenters. The Morgan fingerprint density at radius 2 is 1.05 bits per heavy atom. The number of halogens is 6. The molecule has 9 heteroatoms. The van der Waals surface area contributed by atoms with Gasteiger partial charge in [-0.2, -0.15) is 0 Å². The Bertz CT molecular complexity index is 1340. The predicted octanol–water partition coefficient (Wildman–Crippen LogP) is 9.54. The zero-order valence-electron chi connectivity index (χ0n) is 21.8. The monoisotopic (exact) mass is 599 g/mol. The fraction of sp³-hybridized carbons (Fsp3) is 0.200. The molecule has 5 rings (SSSR count). The van der Waals surface area contributed by atoms with Crippen molar-refractivity contribution < 1.29 is 25.2 Å². The Morgan fingerprint density at radius 3 is 1.54 bits per heavy atom. The zero-order valence-corrected chi connectivity index (χ0v) is 24.5. The molecule has 0 bridgehead atoms. The molecule has 0 aromatic heterocycles. The first-order valence-corrected chi connectivity index (χ1v) is 18.5. The van der Waals surface area contributed by atoms with E-state index in [1.165, 1.54) is 29.1 Å². The third-order valence-corrected chi connectivity index (χ3v) is 16.2. The molecule has 1 aliphatic rings. The summed E-state index contributed by atoms with van der Waals surface area (Å²) in [6.07, 6.45) is 2.56. The number of rotatable bonds is 5. The van der Waals surface area contributed by atoms with Gasteiger partial charge >= 0.3 is 33.0 Å². The minimum absolute atomic E-state index is 0.237.